The normalized spacial score (nSPS) is 10.1. The Hall–Kier alpha value is -1.73. The van der Waals surface area contributed by atoms with Crippen LogP contribution in [0.3, 0.4) is 0 Å². The molecule has 0 unspecified atom stereocenters. The quantitative estimate of drug-likeness (QED) is 0.908. The second kappa shape index (κ2) is 5.28. The number of carbonyl (C=O) groups is 2. The molecule has 5 nitrogen and oxygen atoms in total. The summed E-state index contributed by atoms with van der Waals surface area (Å²) in [6, 6.07) is 6.18. The van der Waals surface area contributed by atoms with E-state index in [1.807, 2.05) is 0 Å². The summed E-state index contributed by atoms with van der Waals surface area (Å²) in [5, 5.41) is 13.1. The molecule has 0 saturated carbocycles. The first-order valence-electron chi connectivity index (χ1n) is 4.82. The Bertz CT molecular complexity index is 612. The zero-order chi connectivity index (χ0) is 13.1. The van der Waals surface area contributed by atoms with E-state index < -0.39 is 5.97 Å². The number of hydrogen-bond acceptors (Lipinski definition) is 4. The van der Waals surface area contributed by atoms with Crippen LogP contribution in [0.4, 0.5) is 5.82 Å². The van der Waals surface area contributed by atoms with Crippen LogP contribution in [0.5, 0.6) is 0 Å². The average molecular weight is 327 g/mol. The Morgan fingerprint density at radius 2 is 2.11 bits per heavy atom. The molecule has 18 heavy (non-hydrogen) atoms. The van der Waals surface area contributed by atoms with Crippen molar-refractivity contribution < 1.29 is 14.7 Å². The number of amides is 1. The molecule has 2 aromatic heterocycles. The lowest BCUT2D eigenvalue weighted by Gasteiger charge is -2.03. The summed E-state index contributed by atoms with van der Waals surface area (Å²) in [4.78, 5) is 26.9. The zero-order valence-electron chi connectivity index (χ0n) is 8.88. The topological polar surface area (TPSA) is 79.3 Å². The average Bonchev–Trinajstić information content (AvgIpc) is 2.76. The number of carboxylic acids is 1. The predicted molar refractivity (Wildman–Crippen MR) is 71.2 cm³/mol. The van der Waals surface area contributed by atoms with E-state index >= 15 is 0 Å². The second-order valence-electron chi connectivity index (χ2n) is 3.27. The lowest BCUT2D eigenvalue weighted by molar-refractivity contribution is 0.0690. The number of aromatic nitrogens is 1. The first kappa shape index (κ1) is 12.7. The maximum absolute atomic E-state index is 11.9. The van der Waals surface area contributed by atoms with E-state index in [0.29, 0.717) is 9.35 Å². The van der Waals surface area contributed by atoms with Crippen molar-refractivity contribution in [2.24, 2.45) is 0 Å². The summed E-state index contributed by atoms with van der Waals surface area (Å²) in [5.41, 5.74) is -0.113. The summed E-state index contributed by atoms with van der Waals surface area (Å²) in [6.07, 6.45) is 0. The molecule has 0 saturated heterocycles. The van der Waals surface area contributed by atoms with Gasteiger partial charge in [0.15, 0.2) is 5.69 Å². The number of nitrogens with zero attached hydrogens (tertiary/aromatic N) is 1. The largest absolute Gasteiger partial charge is 0.477 e. The fourth-order valence-corrected chi connectivity index (χ4v) is 2.70. The molecular weight excluding hydrogens is 320 g/mol. The molecule has 2 rings (SSSR count). The molecule has 2 heterocycles. The third kappa shape index (κ3) is 2.74. The maximum atomic E-state index is 11.9. The minimum atomic E-state index is -1.14. The molecule has 0 aliphatic carbocycles. The molecule has 92 valence electrons. The lowest BCUT2D eigenvalue weighted by atomic mass is 10.3. The van der Waals surface area contributed by atoms with Crippen LogP contribution in [-0.2, 0) is 0 Å². The van der Waals surface area contributed by atoms with Gasteiger partial charge < -0.3 is 10.4 Å². The van der Waals surface area contributed by atoms with Gasteiger partial charge >= 0.3 is 5.97 Å². The number of halogens is 1. The van der Waals surface area contributed by atoms with Gasteiger partial charge in [-0.05, 0) is 39.5 Å². The third-order valence-electron chi connectivity index (χ3n) is 2.03. The number of hydrogen-bond donors (Lipinski definition) is 2. The van der Waals surface area contributed by atoms with Crippen LogP contribution in [0.15, 0.2) is 34.1 Å². The number of carboxylic acid groups (broad SMARTS) is 1. The van der Waals surface area contributed by atoms with Crippen molar-refractivity contribution in [2.45, 2.75) is 0 Å². The molecule has 0 fully saturated rings. The van der Waals surface area contributed by atoms with E-state index in [1.165, 1.54) is 29.5 Å². The van der Waals surface area contributed by atoms with E-state index in [0.717, 1.165) is 0 Å². The Labute approximate surface area is 115 Å². The van der Waals surface area contributed by atoms with E-state index in [1.54, 1.807) is 11.4 Å². The summed E-state index contributed by atoms with van der Waals surface area (Å²) in [7, 11) is 0. The van der Waals surface area contributed by atoms with Crippen LogP contribution < -0.4 is 5.32 Å². The molecule has 0 radical (unpaired) electrons. The molecule has 0 spiro atoms. The van der Waals surface area contributed by atoms with Gasteiger partial charge in [-0.3, -0.25) is 4.79 Å². The molecule has 7 heteroatoms. The van der Waals surface area contributed by atoms with Gasteiger partial charge in [-0.1, -0.05) is 6.07 Å². The number of nitrogens with one attached hydrogen (secondary N) is 1. The highest BCUT2D eigenvalue weighted by atomic mass is 79.9. The Balaban J connectivity index is 2.20. The number of anilines is 1. The van der Waals surface area contributed by atoms with E-state index in [2.05, 4.69) is 26.2 Å². The van der Waals surface area contributed by atoms with Crippen LogP contribution in [0.1, 0.15) is 20.2 Å². The number of rotatable bonds is 3. The van der Waals surface area contributed by atoms with Gasteiger partial charge in [0.25, 0.3) is 5.91 Å². The minimum absolute atomic E-state index is 0.113. The van der Waals surface area contributed by atoms with Crippen LogP contribution in [0.2, 0.25) is 0 Å². The van der Waals surface area contributed by atoms with Gasteiger partial charge in [-0.2, -0.15) is 0 Å². The summed E-state index contributed by atoms with van der Waals surface area (Å²) in [5.74, 6) is -1.25. The molecule has 0 aromatic carbocycles. The molecule has 0 bridgehead atoms. The maximum Gasteiger partial charge on any atom is 0.354 e. The predicted octanol–water partition coefficient (Wildman–Crippen LogP) is 2.86. The van der Waals surface area contributed by atoms with Gasteiger partial charge in [0.05, 0.1) is 0 Å². The zero-order valence-corrected chi connectivity index (χ0v) is 11.3. The van der Waals surface area contributed by atoms with Crippen LogP contribution in [0, 0.1) is 0 Å². The van der Waals surface area contributed by atoms with Gasteiger partial charge in [-0.15, -0.1) is 11.3 Å². The first-order chi connectivity index (χ1) is 8.58. The molecule has 0 atom stereocenters. The highest BCUT2D eigenvalue weighted by molar-refractivity contribution is 9.10. The van der Waals surface area contributed by atoms with Crippen molar-refractivity contribution in [2.75, 3.05) is 5.32 Å². The van der Waals surface area contributed by atoms with Crippen molar-refractivity contribution in [3.63, 3.8) is 0 Å². The molecule has 2 aromatic rings. The highest BCUT2D eigenvalue weighted by Gasteiger charge is 2.13. The van der Waals surface area contributed by atoms with Crippen molar-refractivity contribution >= 4 is 45.0 Å². The van der Waals surface area contributed by atoms with Crippen molar-refractivity contribution in [3.8, 4) is 0 Å². The fourth-order valence-electron chi connectivity index (χ4n) is 1.25. The smallest absolute Gasteiger partial charge is 0.354 e. The van der Waals surface area contributed by atoms with Crippen LogP contribution >= 0.6 is 27.3 Å². The highest BCUT2D eigenvalue weighted by Crippen LogP contribution is 2.23. The van der Waals surface area contributed by atoms with E-state index in [4.69, 9.17) is 5.11 Å². The lowest BCUT2D eigenvalue weighted by Crippen LogP contribution is -2.13. The molecule has 0 aliphatic heterocycles. The Kier molecular flexibility index (Phi) is 3.73. The standard InChI is InChI=1S/C11H7BrN2O3S/c12-6-4-5-18-9(6)10(15)14-8-3-1-2-7(13-8)11(16)17/h1-5H,(H,16,17)(H,13,14,15). The SMILES string of the molecule is O=C(O)c1cccc(NC(=O)c2sccc2Br)n1. The van der Waals surface area contributed by atoms with Crippen molar-refractivity contribution in [1.82, 2.24) is 4.98 Å². The van der Waals surface area contributed by atoms with Crippen LogP contribution in [0.25, 0.3) is 0 Å². The summed E-state index contributed by atoms with van der Waals surface area (Å²) < 4.78 is 0.694. The Morgan fingerprint density at radius 3 is 2.72 bits per heavy atom. The Morgan fingerprint density at radius 1 is 1.33 bits per heavy atom. The van der Waals surface area contributed by atoms with E-state index in [9.17, 15) is 9.59 Å². The van der Waals surface area contributed by atoms with Crippen molar-refractivity contribution in [1.29, 1.82) is 0 Å². The molecule has 1 amide bonds. The van der Waals surface area contributed by atoms with Gasteiger partial charge in [0.1, 0.15) is 10.7 Å². The van der Waals surface area contributed by atoms with Gasteiger partial charge in [0, 0.05) is 4.47 Å². The third-order valence-corrected chi connectivity index (χ3v) is 3.87. The number of carbonyl (C=O) groups excluding carboxylic acids is 1. The number of thiophene rings is 1. The molecular formula is C11H7BrN2O3S. The van der Waals surface area contributed by atoms with Crippen LogP contribution in [-0.4, -0.2) is 22.0 Å². The van der Waals surface area contributed by atoms with Gasteiger partial charge in [0.2, 0.25) is 0 Å². The first-order valence-corrected chi connectivity index (χ1v) is 6.50. The molecule has 2 N–H and O–H groups in total. The minimum Gasteiger partial charge on any atom is -0.477 e. The number of pyridine rings is 1. The fraction of sp³-hybridized carbons (Fsp3) is 0. The van der Waals surface area contributed by atoms with Crippen molar-refractivity contribution in [3.05, 3.63) is 44.7 Å². The van der Waals surface area contributed by atoms with E-state index in [-0.39, 0.29) is 17.4 Å². The summed E-state index contributed by atoms with van der Waals surface area (Å²) in [6.45, 7) is 0. The summed E-state index contributed by atoms with van der Waals surface area (Å²) >= 11 is 4.54. The molecule has 0 aliphatic rings. The second-order valence-corrected chi connectivity index (χ2v) is 5.04. The number of aromatic carboxylic acids is 1. The van der Waals surface area contributed by atoms with Gasteiger partial charge in [-0.25, -0.2) is 9.78 Å². The monoisotopic (exact) mass is 326 g/mol.